The number of carbonyl (C=O) groups is 1. The van der Waals surface area contributed by atoms with Gasteiger partial charge in [0.15, 0.2) is 6.29 Å². The topological polar surface area (TPSA) is 48.0 Å². The molecular weight excluding hydrogens is 186 g/mol. The van der Waals surface area contributed by atoms with E-state index in [0.717, 1.165) is 26.1 Å². The molecule has 0 radical (unpaired) electrons. The Labute approximate surface area is 82.9 Å². The van der Waals surface area contributed by atoms with Crippen molar-refractivity contribution in [2.45, 2.75) is 19.1 Å². The molecule has 14 heavy (non-hydrogen) atoms. The third-order valence-corrected chi connectivity index (χ3v) is 2.38. The number of carbonyl (C=O) groups excluding carboxylic acids is 1. The third-order valence-electron chi connectivity index (χ3n) is 2.38. The maximum atomic E-state index is 11.1. The van der Waals surface area contributed by atoms with Gasteiger partial charge >= 0.3 is 6.09 Å². The summed E-state index contributed by atoms with van der Waals surface area (Å²) in [5, 5.41) is 0. The van der Waals surface area contributed by atoms with E-state index in [1.54, 1.807) is 4.90 Å². The van der Waals surface area contributed by atoms with E-state index < -0.39 is 0 Å². The highest BCUT2D eigenvalue weighted by Crippen LogP contribution is 2.11. The SMILES string of the molecule is O=C1OCCN1CCC1OCCCO1. The average molecular weight is 201 g/mol. The van der Waals surface area contributed by atoms with Gasteiger partial charge in [0, 0.05) is 13.0 Å². The van der Waals surface area contributed by atoms with Gasteiger partial charge in [-0.3, -0.25) is 0 Å². The van der Waals surface area contributed by atoms with Crippen LogP contribution in [0, 0.1) is 0 Å². The molecule has 0 aliphatic carbocycles. The van der Waals surface area contributed by atoms with Crippen molar-refractivity contribution in [1.82, 2.24) is 4.90 Å². The smallest absolute Gasteiger partial charge is 0.409 e. The van der Waals surface area contributed by atoms with Gasteiger partial charge in [0.05, 0.1) is 19.8 Å². The summed E-state index contributed by atoms with van der Waals surface area (Å²) >= 11 is 0. The number of ether oxygens (including phenoxy) is 3. The fourth-order valence-electron chi connectivity index (χ4n) is 1.59. The van der Waals surface area contributed by atoms with Crippen molar-refractivity contribution in [2.75, 3.05) is 32.9 Å². The standard InChI is InChI=1S/C9H15NO4/c11-9-10(4-7-14-9)3-2-8-12-5-1-6-13-8/h8H,1-7H2. The molecular formula is C9H15NO4. The number of cyclic esters (lactones) is 1. The van der Waals surface area contributed by atoms with E-state index in [1.165, 1.54) is 0 Å². The van der Waals surface area contributed by atoms with Gasteiger partial charge in [0.25, 0.3) is 0 Å². The monoisotopic (exact) mass is 201 g/mol. The summed E-state index contributed by atoms with van der Waals surface area (Å²) in [6.45, 7) is 3.37. The van der Waals surface area contributed by atoms with Crippen LogP contribution in [0.2, 0.25) is 0 Å². The van der Waals surface area contributed by atoms with Gasteiger partial charge in [-0.2, -0.15) is 0 Å². The van der Waals surface area contributed by atoms with Crippen LogP contribution < -0.4 is 0 Å². The minimum absolute atomic E-state index is 0.142. The van der Waals surface area contributed by atoms with Crippen molar-refractivity contribution in [3.8, 4) is 0 Å². The molecule has 0 spiro atoms. The van der Waals surface area contributed by atoms with Gasteiger partial charge in [-0.05, 0) is 6.42 Å². The minimum atomic E-state index is -0.221. The largest absolute Gasteiger partial charge is 0.448 e. The Kier molecular flexibility index (Phi) is 3.21. The molecule has 2 heterocycles. The van der Waals surface area contributed by atoms with Crippen LogP contribution in [0.15, 0.2) is 0 Å². The summed E-state index contributed by atoms with van der Waals surface area (Å²) in [6.07, 6.45) is 1.33. The summed E-state index contributed by atoms with van der Waals surface area (Å²) in [6, 6.07) is 0. The van der Waals surface area contributed by atoms with Crippen LogP contribution in [0.4, 0.5) is 4.79 Å². The fraction of sp³-hybridized carbons (Fsp3) is 0.889. The Morgan fingerprint density at radius 2 is 2.07 bits per heavy atom. The highest BCUT2D eigenvalue weighted by Gasteiger charge is 2.23. The first kappa shape index (κ1) is 9.73. The number of amides is 1. The van der Waals surface area contributed by atoms with Gasteiger partial charge in [0.1, 0.15) is 6.61 Å². The van der Waals surface area contributed by atoms with E-state index in [1.807, 2.05) is 0 Å². The van der Waals surface area contributed by atoms with Gasteiger partial charge in [0.2, 0.25) is 0 Å². The molecule has 5 heteroatoms. The van der Waals surface area contributed by atoms with E-state index in [4.69, 9.17) is 14.2 Å². The molecule has 5 nitrogen and oxygen atoms in total. The van der Waals surface area contributed by atoms with E-state index >= 15 is 0 Å². The molecule has 2 fully saturated rings. The van der Waals surface area contributed by atoms with Crippen molar-refractivity contribution in [1.29, 1.82) is 0 Å². The summed E-state index contributed by atoms with van der Waals surface area (Å²) < 4.78 is 15.6. The van der Waals surface area contributed by atoms with Crippen molar-refractivity contribution in [3.63, 3.8) is 0 Å². The highest BCUT2D eigenvalue weighted by molar-refractivity contribution is 5.69. The molecule has 2 aliphatic heterocycles. The maximum Gasteiger partial charge on any atom is 0.409 e. The van der Waals surface area contributed by atoms with Crippen LogP contribution in [0.5, 0.6) is 0 Å². The molecule has 0 unspecified atom stereocenters. The summed E-state index contributed by atoms with van der Waals surface area (Å²) in [4.78, 5) is 12.8. The lowest BCUT2D eigenvalue weighted by molar-refractivity contribution is -0.181. The summed E-state index contributed by atoms with van der Waals surface area (Å²) in [7, 11) is 0. The van der Waals surface area contributed by atoms with Crippen LogP contribution >= 0.6 is 0 Å². The van der Waals surface area contributed by atoms with Crippen molar-refractivity contribution < 1.29 is 19.0 Å². The molecule has 1 amide bonds. The Balaban J connectivity index is 1.68. The average Bonchev–Trinajstić information content (AvgIpc) is 2.63. The van der Waals surface area contributed by atoms with Gasteiger partial charge in [-0.25, -0.2) is 4.79 Å². The Hall–Kier alpha value is -0.810. The Morgan fingerprint density at radius 1 is 1.29 bits per heavy atom. The Bertz CT molecular complexity index is 203. The number of rotatable bonds is 3. The van der Waals surface area contributed by atoms with E-state index in [0.29, 0.717) is 19.7 Å². The summed E-state index contributed by atoms with van der Waals surface area (Å²) in [5.74, 6) is 0. The third kappa shape index (κ3) is 2.36. The predicted octanol–water partition coefficient (Wildman–Crippen LogP) is 0.592. The molecule has 2 rings (SSSR count). The molecule has 0 saturated carbocycles. The van der Waals surface area contributed by atoms with Crippen molar-refractivity contribution in [2.24, 2.45) is 0 Å². The molecule has 80 valence electrons. The number of hydrogen-bond donors (Lipinski definition) is 0. The first-order valence-corrected chi connectivity index (χ1v) is 5.01. The zero-order valence-corrected chi connectivity index (χ0v) is 8.11. The lowest BCUT2D eigenvalue weighted by atomic mass is 10.3. The van der Waals surface area contributed by atoms with Gasteiger partial charge in [-0.1, -0.05) is 0 Å². The molecule has 0 N–H and O–H groups in total. The van der Waals surface area contributed by atoms with Gasteiger partial charge < -0.3 is 19.1 Å². The van der Waals surface area contributed by atoms with E-state index in [-0.39, 0.29) is 12.4 Å². The van der Waals surface area contributed by atoms with Crippen LogP contribution in [0.3, 0.4) is 0 Å². The maximum absolute atomic E-state index is 11.1. The first-order chi connectivity index (χ1) is 6.86. The highest BCUT2D eigenvalue weighted by atomic mass is 16.7. The molecule has 2 aliphatic rings. The number of hydrogen-bond acceptors (Lipinski definition) is 4. The normalized spacial score (nSPS) is 24.0. The molecule has 2 saturated heterocycles. The lowest BCUT2D eigenvalue weighted by Crippen LogP contribution is -2.32. The van der Waals surface area contributed by atoms with Crippen molar-refractivity contribution >= 4 is 6.09 Å². The van der Waals surface area contributed by atoms with Crippen molar-refractivity contribution in [3.05, 3.63) is 0 Å². The quantitative estimate of drug-likeness (QED) is 0.670. The lowest BCUT2D eigenvalue weighted by Gasteiger charge is -2.24. The van der Waals surface area contributed by atoms with Crippen LogP contribution in [-0.4, -0.2) is 50.2 Å². The van der Waals surface area contributed by atoms with E-state index in [2.05, 4.69) is 0 Å². The second-order valence-electron chi connectivity index (χ2n) is 3.41. The molecule has 0 aromatic rings. The fourth-order valence-corrected chi connectivity index (χ4v) is 1.59. The molecule has 0 atom stereocenters. The summed E-state index contributed by atoms with van der Waals surface area (Å²) in [5.41, 5.74) is 0. The second-order valence-corrected chi connectivity index (χ2v) is 3.41. The number of nitrogens with zero attached hydrogens (tertiary/aromatic N) is 1. The molecule has 0 bridgehead atoms. The van der Waals surface area contributed by atoms with Crippen LogP contribution in [-0.2, 0) is 14.2 Å². The predicted molar refractivity (Wildman–Crippen MR) is 47.8 cm³/mol. The van der Waals surface area contributed by atoms with Gasteiger partial charge in [-0.15, -0.1) is 0 Å². The Morgan fingerprint density at radius 3 is 2.71 bits per heavy atom. The van der Waals surface area contributed by atoms with Crippen LogP contribution in [0.1, 0.15) is 12.8 Å². The zero-order valence-electron chi connectivity index (χ0n) is 8.11. The minimum Gasteiger partial charge on any atom is -0.448 e. The van der Waals surface area contributed by atoms with E-state index in [9.17, 15) is 4.79 Å². The molecule has 0 aromatic heterocycles. The van der Waals surface area contributed by atoms with Crippen LogP contribution in [0.25, 0.3) is 0 Å². The molecule has 0 aromatic carbocycles. The zero-order chi connectivity index (χ0) is 9.80. The first-order valence-electron chi connectivity index (χ1n) is 5.01. The second kappa shape index (κ2) is 4.61.